The van der Waals surface area contributed by atoms with E-state index < -0.39 is 6.10 Å². The van der Waals surface area contributed by atoms with Crippen LogP contribution >= 0.6 is 0 Å². The van der Waals surface area contributed by atoms with Crippen molar-refractivity contribution in [3.8, 4) is 0 Å². The molecule has 0 fully saturated rings. The molecule has 0 amide bonds. The highest BCUT2D eigenvalue weighted by molar-refractivity contribution is 5.71. The van der Waals surface area contributed by atoms with Gasteiger partial charge < -0.3 is 14.2 Å². The van der Waals surface area contributed by atoms with E-state index in [1.54, 1.807) is 0 Å². The predicted molar refractivity (Wildman–Crippen MR) is 284 cm³/mol. The highest BCUT2D eigenvalue weighted by Crippen LogP contribution is 2.18. The lowest BCUT2D eigenvalue weighted by atomic mass is 10.0. The van der Waals surface area contributed by atoms with E-state index in [1.165, 1.54) is 250 Å². The van der Waals surface area contributed by atoms with Crippen LogP contribution in [0.25, 0.3) is 0 Å². The molecule has 0 bridgehead atoms. The number of rotatable bonds is 56. The first kappa shape index (κ1) is 64.4. The van der Waals surface area contributed by atoms with Crippen LogP contribution in [0, 0.1) is 0 Å². The Morgan fingerprint density at radius 1 is 0.242 bits per heavy atom. The molecule has 6 heteroatoms. The fourth-order valence-corrected chi connectivity index (χ4v) is 9.33. The smallest absolute Gasteiger partial charge is 0.306 e. The van der Waals surface area contributed by atoms with Crippen molar-refractivity contribution in [1.29, 1.82) is 0 Å². The molecular weight excluding hydrogens is 817 g/mol. The fraction of sp³-hybridized carbons (Fsp3) is 0.950. The minimum absolute atomic E-state index is 0.0609. The monoisotopic (exact) mass is 933 g/mol. The Kier molecular flexibility index (Phi) is 54.7. The minimum Gasteiger partial charge on any atom is -0.462 e. The van der Waals surface area contributed by atoms with Crippen LogP contribution in [0.4, 0.5) is 0 Å². The van der Waals surface area contributed by atoms with Crippen molar-refractivity contribution in [3.63, 3.8) is 0 Å². The molecule has 0 aromatic carbocycles. The highest BCUT2D eigenvalue weighted by atomic mass is 16.6. The molecule has 6 nitrogen and oxygen atoms in total. The zero-order valence-corrected chi connectivity index (χ0v) is 45.0. The van der Waals surface area contributed by atoms with Crippen molar-refractivity contribution in [2.24, 2.45) is 0 Å². The zero-order chi connectivity index (χ0) is 47.9. The van der Waals surface area contributed by atoms with Gasteiger partial charge in [0, 0.05) is 19.3 Å². The maximum Gasteiger partial charge on any atom is 0.306 e. The summed E-state index contributed by atoms with van der Waals surface area (Å²) >= 11 is 0. The lowest BCUT2D eigenvalue weighted by Crippen LogP contribution is -2.30. The van der Waals surface area contributed by atoms with E-state index in [0.29, 0.717) is 19.3 Å². The third-order valence-corrected chi connectivity index (χ3v) is 13.9. The van der Waals surface area contributed by atoms with E-state index in [2.05, 4.69) is 20.8 Å². The number of esters is 3. The first-order chi connectivity index (χ1) is 32.5. The second-order valence-electron chi connectivity index (χ2n) is 20.6. The molecule has 0 rings (SSSR count). The van der Waals surface area contributed by atoms with Crippen LogP contribution in [-0.4, -0.2) is 37.2 Å². The molecule has 0 heterocycles. The molecule has 0 aromatic heterocycles. The summed E-state index contributed by atoms with van der Waals surface area (Å²) in [5.41, 5.74) is 0. The molecular formula is C60H116O6. The van der Waals surface area contributed by atoms with Gasteiger partial charge in [-0.25, -0.2) is 0 Å². The lowest BCUT2D eigenvalue weighted by molar-refractivity contribution is -0.167. The molecule has 66 heavy (non-hydrogen) atoms. The standard InChI is InChI=1S/C60H116O6/c1-4-7-10-13-16-19-22-25-27-29-30-32-34-36-39-42-45-48-51-54-60(63)66-57(55-64-58(61)52-49-46-43-40-37-24-21-18-15-12-9-6-3)56-65-59(62)53-50-47-44-41-38-35-33-31-28-26-23-20-17-14-11-8-5-2/h57H,4-56H2,1-3H3/t57-/m0/s1. The molecule has 0 saturated carbocycles. The Morgan fingerprint density at radius 3 is 0.606 bits per heavy atom. The summed E-state index contributed by atoms with van der Waals surface area (Å²) in [4.78, 5) is 38.2. The van der Waals surface area contributed by atoms with Crippen LogP contribution in [0.2, 0.25) is 0 Å². The number of carbonyl (C=O) groups excluding carboxylic acids is 3. The number of hydrogen-bond acceptors (Lipinski definition) is 6. The normalized spacial score (nSPS) is 11.9. The molecule has 0 spiro atoms. The van der Waals surface area contributed by atoms with Crippen LogP contribution in [0.15, 0.2) is 0 Å². The van der Waals surface area contributed by atoms with Crippen LogP contribution in [-0.2, 0) is 28.6 Å². The van der Waals surface area contributed by atoms with Gasteiger partial charge in [-0.2, -0.15) is 0 Å². The third kappa shape index (κ3) is 53.4. The van der Waals surface area contributed by atoms with Crippen LogP contribution in [0.5, 0.6) is 0 Å². The molecule has 0 radical (unpaired) electrons. The van der Waals surface area contributed by atoms with E-state index in [-0.39, 0.29) is 31.1 Å². The number of hydrogen-bond donors (Lipinski definition) is 0. The van der Waals surface area contributed by atoms with E-state index in [0.717, 1.165) is 57.8 Å². The third-order valence-electron chi connectivity index (χ3n) is 13.9. The van der Waals surface area contributed by atoms with E-state index in [9.17, 15) is 14.4 Å². The second-order valence-corrected chi connectivity index (χ2v) is 20.6. The molecule has 0 saturated heterocycles. The van der Waals surface area contributed by atoms with Gasteiger partial charge >= 0.3 is 17.9 Å². The van der Waals surface area contributed by atoms with Crippen molar-refractivity contribution in [1.82, 2.24) is 0 Å². The van der Waals surface area contributed by atoms with E-state index >= 15 is 0 Å². The summed E-state index contributed by atoms with van der Waals surface area (Å²) in [6.07, 6.45) is 62.4. The highest BCUT2D eigenvalue weighted by Gasteiger charge is 2.19. The first-order valence-electron chi connectivity index (χ1n) is 30.0. The molecule has 0 unspecified atom stereocenters. The largest absolute Gasteiger partial charge is 0.462 e. The van der Waals surface area contributed by atoms with Gasteiger partial charge in [0.25, 0.3) is 0 Å². The molecule has 0 aromatic rings. The minimum atomic E-state index is -0.761. The average molecular weight is 934 g/mol. The van der Waals surface area contributed by atoms with Gasteiger partial charge in [-0.3, -0.25) is 14.4 Å². The van der Waals surface area contributed by atoms with Gasteiger partial charge in [0.1, 0.15) is 13.2 Å². The molecule has 0 N–H and O–H groups in total. The SMILES string of the molecule is CCCCCCCCCCCCCCCCCCCCCC(=O)O[C@@H](COC(=O)CCCCCCCCCCCCCC)COC(=O)CCCCCCCCCCCCCCCCCCC. The Bertz CT molecular complexity index is 982. The maximum atomic E-state index is 12.9. The quantitative estimate of drug-likeness (QED) is 0.0343. The number of unbranched alkanes of at least 4 members (excludes halogenated alkanes) is 45. The van der Waals surface area contributed by atoms with Crippen LogP contribution in [0.1, 0.15) is 348 Å². The van der Waals surface area contributed by atoms with Gasteiger partial charge in [0.2, 0.25) is 0 Å². The Labute approximate surface area is 412 Å². The Balaban J connectivity index is 4.25. The van der Waals surface area contributed by atoms with Crippen molar-refractivity contribution in [2.75, 3.05) is 13.2 Å². The van der Waals surface area contributed by atoms with Crippen molar-refractivity contribution < 1.29 is 28.6 Å². The molecule has 1 atom stereocenters. The van der Waals surface area contributed by atoms with Gasteiger partial charge in [-0.15, -0.1) is 0 Å². The van der Waals surface area contributed by atoms with Gasteiger partial charge in [-0.05, 0) is 19.3 Å². The summed E-state index contributed by atoms with van der Waals surface area (Å²) < 4.78 is 16.9. The van der Waals surface area contributed by atoms with Gasteiger partial charge in [0.15, 0.2) is 6.10 Å². The van der Waals surface area contributed by atoms with E-state index in [4.69, 9.17) is 14.2 Å². The number of carbonyl (C=O) groups is 3. The molecule has 0 aliphatic carbocycles. The summed E-state index contributed by atoms with van der Waals surface area (Å²) in [5.74, 6) is -0.830. The Morgan fingerprint density at radius 2 is 0.409 bits per heavy atom. The summed E-state index contributed by atoms with van der Waals surface area (Å²) in [7, 11) is 0. The van der Waals surface area contributed by atoms with Crippen molar-refractivity contribution >= 4 is 17.9 Å². The fourth-order valence-electron chi connectivity index (χ4n) is 9.33. The average Bonchev–Trinajstić information content (AvgIpc) is 3.31. The number of ether oxygens (including phenoxy) is 3. The van der Waals surface area contributed by atoms with Gasteiger partial charge in [0.05, 0.1) is 0 Å². The summed E-state index contributed by atoms with van der Waals surface area (Å²) in [5, 5.41) is 0. The maximum absolute atomic E-state index is 12.9. The predicted octanol–water partition coefficient (Wildman–Crippen LogP) is 19.9. The van der Waals surface area contributed by atoms with E-state index in [1.807, 2.05) is 0 Å². The zero-order valence-electron chi connectivity index (χ0n) is 45.0. The molecule has 392 valence electrons. The summed E-state index contributed by atoms with van der Waals surface area (Å²) in [6, 6.07) is 0. The molecule has 0 aliphatic heterocycles. The topological polar surface area (TPSA) is 78.9 Å². The second kappa shape index (κ2) is 56.0. The first-order valence-corrected chi connectivity index (χ1v) is 30.0. The summed E-state index contributed by atoms with van der Waals surface area (Å²) in [6.45, 7) is 6.71. The van der Waals surface area contributed by atoms with Crippen molar-refractivity contribution in [2.45, 2.75) is 354 Å². The van der Waals surface area contributed by atoms with Crippen molar-refractivity contribution in [3.05, 3.63) is 0 Å². The Hall–Kier alpha value is -1.59. The van der Waals surface area contributed by atoms with Crippen LogP contribution < -0.4 is 0 Å². The molecule has 0 aliphatic rings. The van der Waals surface area contributed by atoms with Crippen LogP contribution in [0.3, 0.4) is 0 Å². The lowest BCUT2D eigenvalue weighted by Gasteiger charge is -2.18. The van der Waals surface area contributed by atoms with Gasteiger partial charge in [-0.1, -0.05) is 310 Å².